The zero-order chi connectivity index (χ0) is 18.0. The predicted molar refractivity (Wildman–Crippen MR) is 80.7 cm³/mol. The van der Waals surface area contributed by atoms with E-state index in [1.807, 2.05) is 0 Å². The molecule has 25 heavy (non-hydrogen) atoms. The molecule has 0 bridgehead atoms. The number of carbonyl (C=O) groups is 2. The topological polar surface area (TPSA) is 72.4 Å². The van der Waals surface area contributed by atoms with Crippen molar-refractivity contribution < 1.29 is 27.5 Å². The fourth-order valence-corrected chi connectivity index (χ4v) is 2.52. The Morgan fingerprint density at radius 3 is 2.68 bits per heavy atom. The number of nitrogens with one attached hydrogen (secondary N) is 2. The van der Waals surface area contributed by atoms with Gasteiger partial charge >= 0.3 is 6.36 Å². The van der Waals surface area contributed by atoms with Gasteiger partial charge in [-0.3, -0.25) is 9.59 Å². The first-order valence-electron chi connectivity index (χ1n) is 7.40. The van der Waals surface area contributed by atoms with Gasteiger partial charge in [-0.2, -0.15) is 0 Å². The minimum absolute atomic E-state index is 0.121. The van der Waals surface area contributed by atoms with Crippen molar-refractivity contribution in [1.29, 1.82) is 0 Å². The molecule has 1 aliphatic heterocycles. The molecule has 132 valence electrons. The molecule has 0 aliphatic carbocycles. The highest BCUT2D eigenvalue weighted by Gasteiger charge is 2.31. The first-order valence-corrected chi connectivity index (χ1v) is 7.40. The van der Waals surface area contributed by atoms with Gasteiger partial charge in [0, 0.05) is 12.7 Å². The van der Waals surface area contributed by atoms with Crippen LogP contribution in [0.4, 0.5) is 13.2 Å². The van der Waals surface area contributed by atoms with Gasteiger partial charge in [0.05, 0.1) is 6.54 Å². The molecule has 1 unspecified atom stereocenters. The van der Waals surface area contributed by atoms with Crippen molar-refractivity contribution in [2.75, 3.05) is 0 Å². The molecule has 1 atom stereocenters. The summed E-state index contributed by atoms with van der Waals surface area (Å²) < 4.78 is 41.8. The van der Waals surface area contributed by atoms with Gasteiger partial charge in [0.1, 0.15) is 17.5 Å². The fourth-order valence-electron chi connectivity index (χ4n) is 2.52. The Morgan fingerprint density at radius 2 is 2.00 bits per heavy atom. The average Bonchev–Trinajstić information content (AvgIpc) is 3.01. The SMILES string of the molecule is O=C1NC(C(=O)NCc2ccc(OC(F)(F)F)cc2)Cn2cccc21. The lowest BCUT2D eigenvalue weighted by molar-refractivity contribution is -0.274. The van der Waals surface area contributed by atoms with Crippen LogP contribution < -0.4 is 15.4 Å². The Balaban J connectivity index is 1.55. The van der Waals surface area contributed by atoms with Gasteiger partial charge in [-0.15, -0.1) is 13.2 Å². The molecule has 6 nitrogen and oxygen atoms in total. The fraction of sp³-hybridized carbons (Fsp3) is 0.250. The summed E-state index contributed by atoms with van der Waals surface area (Å²) in [7, 11) is 0. The van der Waals surface area contributed by atoms with E-state index in [9.17, 15) is 22.8 Å². The highest BCUT2D eigenvalue weighted by Crippen LogP contribution is 2.22. The molecule has 1 aromatic heterocycles. The molecule has 0 saturated heterocycles. The van der Waals surface area contributed by atoms with Crippen molar-refractivity contribution >= 4 is 11.8 Å². The summed E-state index contributed by atoms with van der Waals surface area (Å²) in [5, 5.41) is 5.26. The third-order valence-electron chi connectivity index (χ3n) is 3.69. The van der Waals surface area contributed by atoms with Crippen LogP contribution in [0.2, 0.25) is 0 Å². The number of ether oxygens (including phenoxy) is 1. The summed E-state index contributed by atoms with van der Waals surface area (Å²) in [5.41, 5.74) is 1.09. The number of amides is 2. The van der Waals surface area contributed by atoms with E-state index in [1.165, 1.54) is 24.3 Å². The lowest BCUT2D eigenvalue weighted by atomic mass is 10.1. The van der Waals surface area contributed by atoms with Crippen LogP contribution >= 0.6 is 0 Å². The minimum Gasteiger partial charge on any atom is -0.406 e. The van der Waals surface area contributed by atoms with Crippen molar-refractivity contribution in [2.24, 2.45) is 0 Å². The maximum atomic E-state index is 12.2. The lowest BCUT2D eigenvalue weighted by Gasteiger charge is -2.24. The summed E-state index contributed by atoms with van der Waals surface area (Å²) >= 11 is 0. The normalized spacial score (nSPS) is 16.8. The van der Waals surface area contributed by atoms with Crippen molar-refractivity contribution in [3.8, 4) is 5.75 Å². The molecule has 0 fully saturated rings. The van der Waals surface area contributed by atoms with Crippen LogP contribution in [-0.2, 0) is 17.9 Å². The summed E-state index contributed by atoms with van der Waals surface area (Å²) in [4.78, 5) is 24.1. The van der Waals surface area contributed by atoms with Gasteiger partial charge in [0.15, 0.2) is 0 Å². The van der Waals surface area contributed by atoms with E-state index < -0.39 is 12.4 Å². The monoisotopic (exact) mass is 353 g/mol. The molecular weight excluding hydrogens is 339 g/mol. The highest BCUT2D eigenvalue weighted by molar-refractivity contribution is 5.97. The van der Waals surface area contributed by atoms with Crippen LogP contribution in [-0.4, -0.2) is 28.8 Å². The van der Waals surface area contributed by atoms with Crippen molar-refractivity contribution in [2.45, 2.75) is 25.5 Å². The van der Waals surface area contributed by atoms with E-state index in [1.54, 1.807) is 22.9 Å². The molecule has 2 amide bonds. The molecule has 9 heteroatoms. The van der Waals surface area contributed by atoms with Crippen LogP contribution in [0.3, 0.4) is 0 Å². The maximum absolute atomic E-state index is 12.2. The van der Waals surface area contributed by atoms with E-state index in [4.69, 9.17) is 0 Å². The second-order valence-corrected chi connectivity index (χ2v) is 5.48. The Hall–Kier alpha value is -2.97. The van der Waals surface area contributed by atoms with Crippen molar-refractivity contribution in [3.05, 3.63) is 53.9 Å². The number of alkyl halides is 3. The molecule has 3 rings (SSSR count). The lowest BCUT2D eigenvalue weighted by Crippen LogP contribution is -2.52. The molecule has 2 aromatic rings. The number of benzene rings is 1. The van der Waals surface area contributed by atoms with Crippen LogP contribution in [0.5, 0.6) is 5.75 Å². The number of rotatable bonds is 4. The minimum atomic E-state index is -4.74. The highest BCUT2D eigenvalue weighted by atomic mass is 19.4. The second kappa shape index (κ2) is 6.50. The third kappa shape index (κ3) is 4.11. The van der Waals surface area contributed by atoms with E-state index in [0.717, 1.165) is 0 Å². The predicted octanol–water partition coefficient (Wildman–Crippen LogP) is 1.82. The quantitative estimate of drug-likeness (QED) is 0.881. The number of nitrogens with zero attached hydrogens (tertiary/aromatic N) is 1. The first-order chi connectivity index (χ1) is 11.8. The van der Waals surface area contributed by atoms with Gasteiger partial charge in [-0.05, 0) is 29.8 Å². The molecule has 1 aromatic carbocycles. The third-order valence-corrected chi connectivity index (χ3v) is 3.69. The van der Waals surface area contributed by atoms with Gasteiger partial charge in [-0.1, -0.05) is 12.1 Å². The smallest absolute Gasteiger partial charge is 0.406 e. The molecule has 0 saturated carbocycles. The second-order valence-electron chi connectivity index (χ2n) is 5.48. The number of aromatic nitrogens is 1. The molecule has 2 heterocycles. The summed E-state index contributed by atoms with van der Waals surface area (Å²) in [6, 6.07) is 7.86. The molecule has 1 aliphatic rings. The largest absolute Gasteiger partial charge is 0.573 e. The average molecular weight is 353 g/mol. The summed E-state index contributed by atoms with van der Waals surface area (Å²) in [6.45, 7) is 0.439. The van der Waals surface area contributed by atoms with E-state index in [-0.39, 0.29) is 24.1 Å². The van der Waals surface area contributed by atoms with Gasteiger partial charge in [0.2, 0.25) is 5.91 Å². The van der Waals surface area contributed by atoms with E-state index in [2.05, 4.69) is 15.4 Å². The van der Waals surface area contributed by atoms with Gasteiger partial charge in [-0.25, -0.2) is 0 Å². The maximum Gasteiger partial charge on any atom is 0.573 e. The Bertz CT molecular complexity index is 784. The zero-order valence-corrected chi connectivity index (χ0v) is 12.8. The van der Waals surface area contributed by atoms with Crippen molar-refractivity contribution in [3.63, 3.8) is 0 Å². The summed E-state index contributed by atoms with van der Waals surface area (Å²) in [6.07, 6.45) is -3.03. The number of halogens is 3. The van der Waals surface area contributed by atoms with E-state index >= 15 is 0 Å². The Labute approximate surface area is 140 Å². The Morgan fingerprint density at radius 1 is 1.28 bits per heavy atom. The zero-order valence-electron chi connectivity index (χ0n) is 12.8. The number of hydrogen-bond acceptors (Lipinski definition) is 3. The molecule has 0 spiro atoms. The van der Waals surface area contributed by atoms with Gasteiger partial charge in [0.25, 0.3) is 5.91 Å². The van der Waals surface area contributed by atoms with Crippen LogP contribution in [0.1, 0.15) is 16.1 Å². The standard InChI is InChI=1S/C16H14F3N3O3/c17-16(18,19)25-11-5-3-10(4-6-11)8-20-14(23)12-9-22-7-1-2-13(22)15(24)21-12/h1-7,12H,8-9H2,(H,20,23)(H,21,24). The Kier molecular flexibility index (Phi) is 4.39. The molecular formula is C16H14F3N3O3. The van der Waals surface area contributed by atoms with Crippen molar-refractivity contribution in [1.82, 2.24) is 15.2 Å². The number of carbonyl (C=O) groups excluding carboxylic acids is 2. The number of hydrogen-bond donors (Lipinski definition) is 2. The van der Waals surface area contributed by atoms with E-state index in [0.29, 0.717) is 17.8 Å². The number of fused-ring (bicyclic) bond motifs is 1. The molecule has 2 N–H and O–H groups in total. The molecule has 0 radical (unpaired) electrons. The summed E-state index contributed by atoms with van der Waals surface area (Å²) in [5.74, 6) is -1.03. The van der Waals surface area contributed by atoms with Gasteiger partial charge < -0.3 is 19.9 Å². The first kappa shape index (κ1) is 16.9. The van der Waals surface area contributed by atoms with Crippen LogP contribution in [0.15, 0.2) is 42.6 Å². The van der Waals surface area contributed by atoms with Crippen LogP contribution in [0.25, 0.3) is 0 Å². The van der Waals surface area contributed by atoms with Crippen LogP contribution in [0, 0.1) is 0 Å².